The van der Waals surface area contributed by atoms with Crippen LogP contribution in [0.3, 0.4) is 0 Å². The third-order valence-electron chi connectivity index (χ3n) is 3.40. The smallest absolute Gasteiger partial charge is 0.275 e. The van der Waals surface area contributed by atoms with E-state index in [0.717, 1.165) is 38.5 Å². The molecule has 0 bridgehead atoms. The third kappa shape index (κ3) is 3.72. The van der Waals surface area contributed by atoms with Gasteiger partial charge in [-0.3, -0.25) is 4.79 Å². The predicted molar refractivity (Wildman–Crippen MR) is 69.3 cm³/mol. The van der Waals surface area contributed by atoms with E-state index >= 15 is 0 Å². The van der Waals surface area contributed by atoms with Gasteiger partial charge in [0.2, 0.25) is 0 Å². The molecule has 6 heteroatoms. The number of carbonyl (C=O) groups excluding carboxylic acids is 1. The highest BCUT2D eigenvalue weighted by Crippen LogP contribution is 2.17. The molecule has 1 amide bonds. The van der Waals surface area contributed by atoms with Crippen LogP contribution < -0.4 is 0 Å². The number of halogens is 2. The molecule has 1 aromatic heterocycles. The molecule has 0 radical (unpaired) electrons. The molecule has 0 aromatic carbocycles. The number of amides is 1. The van der Waals surface area contributed by atoms with Crippen LogP contribution in [0, 0.1) is 11.6 Å². The molecule has 0 saturated carbocycles. The number of hydrogen-bond acceptors (Lipinski definition) is 3. The lowest BCUT2D eigenvalue weighted by atomic mass is 10.1. The van der Waals surface area contributed by atoms with E-state index in [0.29, 0.717) is 12.6 Å². The summed E-state index contributed by atoms with van der Waals surface area (Å²) in [6.45, 7) is 1.31. The fraction of sp³-hybridized carbons (Fsp3) is 0.571. The molecule has 1 saturated heterocycles. The molecule has 0 aliphatic carbocycles. The Morgan fingerprint density at radius 3 is 3.00 bits per heavy atom. The van der Waals surface area contributed by atoms with Crippen LogP contribution in [-0.2, 0) is 4.74 Å². The van der Waals surface area contributed by atoms with Gasteiger partial charge in [-0.25, -0.2) is 13.8 Å². The van der Waals surface area contributed by atoms with Gasteiger partial charge in [-0.15, -0.1) is 0 Å². The first kappa shape index (κ1) is 14.8. The van der Waals surface area contributed by atoms with Crippen LogP contribution in [0.4, 0.5) is 8.78 Å². The number of ether oxygens (including phenoxy) is 1. The fourth-order valence-electron chi connectivity index (χ4n) is 2.28. The molecule has 1 aromatic rings. The van der Waals surface area contributed by atoms with E-state index < -0.39 is 17.5 Å². The van der Waals surface area contributed by atoms with Crippen molar-refractivity contribution < 1.29 is 18.3 Å². The van der Waals surface area contributed by atoms with E-state index in [1.807, 2.05) is 0 Å². The first-order chi connectivity index (χ1) is 9.58. The minimum Gasteiger partial charge on any atom is -0.378 e. The molecular weight excluding hydrogens is 266 g/mol. The van der Waals surface area contributed by atoms with Crippen LogP contribution in [0.2, 0.25) is 0 Å². The Labute approximate surface area is 116 Å². The zero-order valence-electron chi connectivity index (χ0n) is 11.4. The van der Waals surface area contributed by atoms with Gasteiger partial charge >= 0.3 is 0 Å². The van der Waals surface area contributed by atoms with Crippen molar-refractivity contribution in [3.63, 3.8) is 0 Å². The van der Waals surface area contributed by atoms with Gasteiger partial charge in [-0.2, -0.15) is 0 Å². The van der Waals surface area contributed by atoms with E-state index in [1.165, 1.54) is 4.90 Å². The summed E-state index contributed by atoms with van der Waals surface area (Å²) in [5, 5.41) is 0. The summed E-state index contributed by atoms with van der Waals surface area (Å²) < 4.78 is 31.7. The lowest BCUT2D eigenvalue weighted by Crippen LogP contribution is -2.30. The quantitative estimate of drug-likeness (QED) is 0.833. The standard InChI is InChI=1S/C14H18F2N2O2/c1-18(6-2-4-11-5-3-7-20-11)14(19)13-12(16)8-10(15)9-17-13/h8-9,11H,2-7H2,1H3/t11-/m0/s1. The second-order valence-corrected chi connectivity index (χ2v) is 4.99. The van der Waals surface area contributed by atoms with Crippen LogP contribution in [0.1, 0.15) is 36.2 Å². The molecule has 20 heavy (non-hydrogen) atoms. The minimum absolute atomic E-state index is 0.277. The van der Waals surface area contributed by atoms with Crippen molar-refractivity contribution in [2.24, 2.45) is 0 Å². The summed E-state index contributed by atoms with van der Waals surface area (Å²) in [7, 11) is 1.59. The van der Waals surface area contributed by atoms with Crippen molar-refractivity contribution in [3.05, 3.63) is 29.6 Å². The summed E-state index contributed by atoms with van der Waals surface area (Å²) >= 11 is 0. The van der Waals surface area contributed by atoms with Crippen molar-refractivity contribution in [2.45, 2.75) is 31.8 Å². The summed E-state index contributed by atoms with van der Waals surface area (Å²) in [4.78, 5) is 16.9. The minimum atomic E-state index is -0.930. The van der Waals surface area contributed by atoms with Gasteiger partial charge in [0.05, 0.1) is 12.3 Å². The summed E-state index contributed by atoms with van der Waals surface area (Å²) in [5.41, 5.74) is -0.342. The van der Waals surface area contributed by atoms with Gasteiger partial charge in [0, 0.05) is 26.3 Å². The summed E-state index contributed by atoms with van der Waals surface area (Å²) in [6.07, 6.45) is 4.94. The van der Waals surface area contributed by atoms with E-state index in [9.17, 15) is 13.6 Å². The molecule has 1 aliphatic heterocycles. The number of nitrogens with zero attached hydrogens (tertiary/aromatic N) is 2. The summed E-state index contributed by atoms with van der Waals surface area (Å²) in [6, 6.07) is 0.667. The average Bonchev–Trinajstić information content (AvgIpc) is 2.91. The van der Waals surface area contributed by atoms with E-state index in [4.69, 9.17) is 4.74 Å². The van der Waals surface area contributed by atoms with Crippen molar-refractivity contribution in [2.75, 3.05) is 20.2 Å². The fourth-order valence-corrected chi connectivity index (χ4v) is 2.28. The monoisotopic (exact) mass is 284 g/mol. The molecule has 1 aliphatic rings. The van der Waals surface area contributed by atoms with E-state index in [1.54, 1.807) is 7.05 Å². The first-order valence-corrected chi connectivity index (χ1v) is 6.76. The number of aromatic nitrogens is 1. The van der Waals surface area contributed by atoms with Gasteiger partial charge in [-0.05, 0) is 25.7 Å². The highest BCUT2D eigenvalue weighted by atomic mass is 19.1. The predicted octanol–water partition coefficient (Wildman–Crippen LogP) is 2.39. The van der Waals surface area contributed by atoms with Crippen LogP contribution in [0.5, 0.6) is 0 Å². The topological polar surface area (TPSA) is 42.4 Å². The van der Waals surface area contributed by atoms with Crippen molar-refractivity contribution in [1.82, 2.24) is 9.88 Å². The second-order valence-electron chi connectivity index (χ2n) is 4.99. The Morgan fingerprint density at radius 2 is 2.35 bits per heavy atom. The Bertz CT molecular complexity index is 476. The van der Waals surface area contributed by atoms with Gasteiger partial charge < -0.3 is 9.64 Å². The maximum Gasteiger partial charge on any atom is 0.275 e. The van der Waals surface area contributed by atoms with Crippen LogP contribution in [-0.4, -0.2) is 42.1 Å². The Kier molecular flexibility index (Phi) is 5.00. The molecule has 1 atom stereocenters. The SMILES string of the molecule is CN(CCC[C@H]1CCCO1)C(=O)c1ncc(F)cc1F. The number of hydrogen-bond donors (Lipinski definition) is 0. The Hall–Kier alpha value is -1.56. The maximum absolute atomic E-state index is 13.5. The number of carbonyl (C=O) groups is 1. The third-order valence-corrected chi connectivity index (χ3v) is 3.40. The van der Waals surface area contributed by atoms with Gasteiger partial charge in [0.15, 0.2) is 11.5 Å². The van der Waals surface area contributed by atoms with Crippen LogP contribution in [0.25, 0.3) is 0 Å². The van der Waals surface area contributed by atoms with Gasteiger partial charge in [0.1, 0.15) is 5.82 Å². The molecule has 4 nitrogen and oxygen atoms in total. The van der Waals surface area contributed by atoms with Crippen LogP contribution >= 0.6 is 0 Å². The lowest BCUT2D eigenvalue weighted by Gasteiger charge is -2.18. The lowest BCUT2D eigenvalue weighted by molar-refractivity contribution is 0.0753. The molecule has 2 rings (SSSR count). The zero-order chi connectivity index (χ0) is 14.5. The second kappa shape index (κ2) is 6.74. The Morgan fingerprint density at radius 1 is 1.55 bits per heavy atom. The van der Waals surface area contributed by atoms with Gasteiger partial charge in [-0.1, -0.05) is 0 Å². The zero-order valence-corrected chi connectivity index (χ0v) is 11.4. The molecule has 2 heterocycles. The van der Waals surface area contributed by atoms with Gasteiger partial charge in [0.25, 0.3) is 5.91 Å². The Balaban J connectivity index is 1.84. The normalized spacial score (nSPS) is 18.2. The molecule has 0 spiro atoms. The van der Waals surface area contributed by atoms with Crippen LogP contribution in [0.15, 0.2) is 12.3 Å². The largest absolute Gasteiger partial charge is 0.378 e. The van der Waals surface area contributed by atoms with Crippen molar-refractivity contribution >= 4 is 5.91 Å². The molecule has 0 unspecified atom stereocenters. The first-order valence-electron chi connectivity index (χ1n) is 6.76. The molecular formula is C14H18F2N2O2. The highest BCUT2D eigenvalue weighted by Gasteiger charge is 2.19. The average molecular weight is 284 g/mol. The van der Waals surface area contributed by atoms with Crippen molar-refractivity contribution in [1.29, 1.82) is 0 Å². The highest BCUT2D eigenvalue weighted by molar-refractivity contribution is 5.92. The molecule has 0 N–H and O–H groups in total. The molecule has 1 fully saturated rings. The van der Waals surface area contributed by atoms with E-state index in [-0.39, 0.29) is 11.8 Å². The number of pyridine rings is 1. The number of rotatable bonds is 5. The van der Waals surface area contributed by atoms with Crippen molar-refractivity contribution in [3.8, 4) is 0 Å². The molecule has 110 valence electrons. The van der Waals surface area contributed by atoms with E-state index in [2.05, 4.69) is 4.98 Å². The summed E-state index contributed by atoms with van der Waals surface area (Å²) in [5.74, 6) is -2.25. The maximum atomic E-state index is 13.5.